The second-order valence-electron chi connectivity index (χ2n) is 8.68. The highest BCUT2D eigenvalue weighted by atomic mass is 19.1. The van der Waals surface area contributed by atoms with Crippen LogP contribution < -0.4 is 10.2 Å². The highest BCUT2D eigenvalue weighted by molar-refractivity contribution is 5.94. The molecule has 178 valence electrons. The van der Waals surface area contributed by atoms with Crippen molar-refractivity contribution in [3.8, 4) is 0 Å². The summed E-state index contributed by atoms with van der Waals surface area (Å²) >= 11 is 0. The van der Waals surface area contributed by atoms with Crippen molar-refractivity contribution in [3.63, 3.8) is 0 Å². The van der Waals surface area contributed by atoms with Gasteiger partial charge in [0.15, 0.2) is 0 Å². The van der Waals surface area contributed by atoms with Crippen molar-refractivity contribution in [1.82, 2.24) is 10.2 Å². The molecule has 0 aliphatic carbocycles. The Labute approximate surface area is 197 Å². The van der Waals surface area contributed by atoms with Gasteiger partial charge in [-0.3, -0.25) is 9.59 Å². The number of likely N-dealkylation sites (tertiary alicyclic amines) is 1. The first-order valence-electron chi connectivity index (χ1n) is 12.2. The Hall–Kier alpha value is -2.89. The maximum absolute atomic E-state index is 13.7. The smallest absolute Gasteiger partial charge is 0.253 e. The molecule has 1 heterocycles. The third-order valence-electron chi connectivity index (χ3n) is 6.45. The Morgan fingerprint density at radius 2 is 1.76 bits per heavy atom. The molecule has 1 saturated heterocycles. The van der Waals surface area contributed by atoms with Crippen LogP contribution in [0.15, 0.2) is 48.5 Å². The van der Waals surface area contributed by atoms with Gasteiger partial charge >= 0.3 is 0 Å². The van der Waals surface area contributed by atoms with Gasteiger partial charge in [0.2, 0.25) is 5.91 Å². The molecule has 1 aliphatic heterocycles. The molecule has 1 N–H and O–H groups in total. The molecule has 1 aliphatic rings. The van der Waals surface area contributed by atoms with Gasteiger partial charge in [-0.15, -0.1) is 0 Å². The minimum Gasteiger partial charge on any atom is -0.372 e. The summed E-state index contributed by atoms with van der Waals surface area (Å²) in [6, 6.07) is 14.5. The van der Waals surface area contributed by atoms with E-state index in [-0.39, 0.29) is 23.5 Å². The molecule has 1 fully saturated rings. The number of hydrogen-bond acceptors (Lipinski definition) is 3. The first-order chi connectivity index (χ1) is 16.0. The molecule has 33 heavy (non-hydrogen) atoms. The van der Waals surface area contributed by atoms with Gasteiger partial charge in [-0.05, 0) is 68.5 Å². The van der Waals surface area contributed by atoms with Crippen LogP contribution in [0.1, 0.15) is 55.5 Å². The molecule has 0 aromatic heterocycles. The summed E-state index contributed by atoms with van der Waals surface area (Å²) in [7, 11) is 0. The zero-order valence-corrected chi connectivity index (χ0v) is 19.9. The number of nitrogens with zero attached hydrogens (tertiary/aromatic N) is 2. The van der Waals surface area contributed by atoms with Gasteiger partial charge in [0.25, 0.3) is 5.91 Å². The summed E-state index contributed by atoms with van der Waals surface area (Å²) in [5.41, 5.74) is 2.45. The van der Waals surface area contributed by atoms with Crippen LogP contribution in [0.3, 0.4) is 0 Å². The van der Waals surface area contributed by atoms with Gasteiger partial charge in [-0.2, -0.15) is 0 Å². The molecule has 6 heteroatoms. The van der Waals surface area contributed by atoms with Crippen LogP contribution in [-0.2, 0) is 11.2 Å². The molecule has 2 aromatic carbocycles. The lowest BCUT2D eigenvalue weighted by molar-refractivity contribution is -0.126. The van der Waals surface area contributed by atoms with E-state index in [2.05, 4.69) is 24.1 Å². The summed E-state index contributed by atoms with van der Waals surface area (Å²) in [4.78, 5) is 29.6. The molecule has 0 radical (unpaired) electrons. The number of amides is 2. The van der Waals surface area contributed by atoms with Gasteiger partial charge in [-0.1, -0.05) is 31.5 Å². The molecule has 2 aromatic rings. The lowest BCUT2D eigenvalue weighted by Gasteiger charge is -2.31. The van der Waals surface area contributed by atoms with Crippen LogP contribution in [0.4, 0.5) is 10.1 Å². The third-order valence-corrected chi connectivity index (χ3v) is 6.45. The summed E-state index contributed by atoms with van der Waals surface area (Å²) in [5, 5.41) is 2.93. The molecule has 0 unspecified atom stereocenters. The molecule has 0 spiro atoms. The van der Waals surface area contributed by atoms with Crippen molar-refractivity contribution in [2.75, 3.05) is 37.6 Å². The van der Waals surface area contributed by atoms with Crippen LogP contribution >= 0.6 is 0 Å². The second-order valence-corrected chi connectivity index (χ2v) is 8.68. The molecular formula is C27H36FN3O2. The van der Waals surface area contributed by atoms with E-state index in [0.717, 1.165) is 31.6 Å². The van der Waals surface area contributed by atoms with Crippen molar-refractivity contribution < 1.29 is 14.0 Å². The van der Waals surface area contributed by atoms with Crippen LogP contribution in [0.2, 0.25) is 0 Å². The second kappa shape index (κ2) is 12.4. The quantitative estimate of drug-likeness (QED) is 0.569. The van der Waals surface area contributed by atoms with Gasteiger partial charge < -0.3 is 15.1 Å². The number of hydrogen-bond donors (Lipinski definition) is 1. The zero-order chi connectivity index (χ0) is 23.6. The lowest BCUT2D eigenvalue weighted by atomic mass is 9.95. The van der Waals surface area contributed by atoms with Crippen molar-refractivity contribution in [3.05, 3.63) is 65.5 Å². The molecule has 3 rings (SSSR count). The molecule has 0 bridgehead atoms. The molecule has 5 nitrogen and oxygen atoms in total. The Balaban J connectivity index is 1.45. The number of unbranched alkanes of at least 4 members (excludes halogenated alkanes) is 1. The number of anilines is 1. The average Bonchev–Trinajstić information content (AvgIpc) is 2.85. The molecule has 0 saturated carbocycles. The average molecular weight is 454 g/mol. The number of benzene rings is 2. The van der Waals surface area contributed by atoms with Crippen LogP contribution in [-0.4, -0.2) is 49.4 Å². The van der Waals surface area contributed by atoms with E-state index in [1.807, 2.05) is 29.2 Å². The van der Waals surface area contributed by atoms with E-state index >= 15 is 0 Å². The van der Waals surface area contributed by atoms with E-state index in [4.69, 9.17) is 0 Å². The summed E-state index contributed by atoms with van der Waals surface area (Å²) in [5.74, 6) is -0.324. The van der Waals surface area contributed by atoms with Gasteiger partial charge in [0, 0.05) is 49.9 Å². The SMILES string of the molecule is CCCCN(CC)c1ccc(C(=O)N2CCC(C(=O)NCCc3ccccc3F)CC2)cc1. The van der Waals surface area contributed by atoms with Crippen molar-refractivity contribution in [1.29, 1.82) is 0 Å². The Morgan fingerprint density at radius 1 is 1.06 bits per heavy atom. The van der Waals surface area contributed by atoms with E-state index in [9.17, 15) is 14.0 Å². The molecule has 0 atom stereocenters. The summed E-state index contributed by atoms with van der Waals surface area (Å²) in [6.07, 6.45) is 4.08. The fraction of sp³-hybridized carbons (Fsp3) is 0.481. The van der Waals surface area contributed by atoms with E-state index in [1.54, 1.807) is 18.2 Å². The maximum atomic E-state index is 13.7. The molecular weight excluding hydrogens is 417 g/mol. The van der Waals surface area contributed by atoms with Crippen LogP contribution in [0.5, 0.6) is 0 Å². The minimum absolute atomic E-state index is 0.00507. The fourth-order valence-electron chi connectivity index (χ4n) is 4.33. The van der Waals surface area contributed by atoms with Gasteiger partial charge in [0.1, 0.15) is 5.82 Å². The zero-order valence-electron chi connectivity index (χ0n) is 19.9. The third kappa shape index (κ3) is 6.80. The standard InChI is InChI=1S/C27H36FN3O2/c1-3-5-18-30(4-2)24-12-10-23(11-13-24)27(33)31-19-15-22(16-20-31)26(32)29-17-14-21-8-6-7-9-25(21)28/h6-13,22H,3-5,14-20H2,1-2H3,(H,29,32). The first-order valence-corrected chi connectivity index (χ1v) is 12.2. The van der Waals surface area contributed by atoms with Crippen molar-refractivity contribution in [2.24, 2.45) is 5.92 Å². The summed E-state index contributed by atoms with van der Waals surface area (Å²) < 4.78 is 13.7. The maximum Gasteiger partial charge on any atom is 0.253 e. The predicted octanol–water partition coefficient (Wildman–Crippen LogP) is 4.66. The van der Waals surface area contributed by atoms with E-state index < -0.39 is 0 Å². The normalized spacial score (nSPS) is 14.2. The van der Waals surface area contributed by atoms with Gasteiger partial charge in [-0.25, -0.2) is 4.39 Å². The highest BCUT2D eigenvalue weighted by Crippen LogP contribution is 2.21. The van der Waals surface area contributed by atoms with E-state index in [1.165, 1.54) is 6.07 Å². The highest BCUT2D eigenvalue weighted by Gasteiger charge is 2.27. The predicted molar refractivity (Wildman–Crippen MR) is 131 cm³/mol. The minimum atomic E-state index is -0.241. The molecule has 2 amide bonds. The Morgan fingerprint density at radius 3 is 2.39 bits per heavy atom. The lowest BCUT2D eigenvalue weighted by Crippen LogP contribution is -2.43. The number of carbonyl (C=O) groups is 2. The number of nitrogens with one attached hydrogen (secondary N) is 1. The summed E-state index contributed by atoms with van der Waals surface area (Å²) in [6.45, 7) is 7.87. The Kier molecular flexibility index (Phi) is 9.28. The number of piperidine rings is 1. The van der Waals surface area contributed by atoms with Crippen LogP contribution in [0.25, 0.3) is 0 Å². The van der Waals surface area contributed by atoms with Crippen molar-refractivity contribution in [2.45, 2.75) is 46.0 Å². The first kappa shape index (κ1) is 24.7. The number of halogens is 1. The van der Waals surface area contributed by atoms with Crippen molar-refractivity contribution >= 4 is 17.5 Å². The largest absolute Gasteiger partial charge is 0.372 e. The number of rotatable bonds is 10. The topological polar surface area (TPSA) is 52.7 Å². The number of carbonyl (C=O) groups excluding carboxylic acids is 2. The van der Waals surface area contributed by atoms with E-state index in [0.29, 0.717) is 50.0 Å². The van der Waals surface area contributed by atoms with Crippen LogP contribution in [0, 0.1) is 11.7 Å². The monoisotopic (exact) mass is 453 g/mol. The fourth-order valence-corrected chi connectivity index (χ4v) is 4.33. The Bertz CT molecular complexity index is 908. The van der Waals surface area contributed by atoms with Gasteiger partial charge in [0.05, 0.1) is 0 Å².